The second-order valence-corrected chi connectivity index (χ2v) is 4.29. The average Bonchev–Trinajstić information content (AvgIpc) is 3.06. The van der Waals surface area contributed by atoms with Crippen molar-refractivity contribution < 1.29 is 14.6 Å². The van der Waals surface area contributed by atoms with E-state index in [1.165, 1.54) is 0 Å². The van der Waals surface area contributed by atoms with Gasteiger partial charge in [0.1, 0.15) is 6.61 Å². The van der Waals surface area contributed by atoms with Gasteiger partial charge in [0.05, 0.1) is 0 Å². The van der Waals surface area contributed by atoms with Crippen LogP contribution in [-0.4, -0.2) is 17.7 Å². The summed E-state index contributed by atoms with van der Waals surface area (Å²) in [6.45, 7) is 0.535. The van der Waals surface area contributed by atoms with Gasteiger partial charge in [-0.25, -0.2) is 0 Å². The fourth-order valence-electron chi connectivity index (χ4n) is 1.79. The SMILES string of the molecule is O=C(C[C@@H]1C[C@H]1CO)OCc1ccccc1. The zero-order chi connectivity index (χ0) is 11.4. The smallest absolute Gasteiger partial charge is 0.306 e. The molecule has 2 rings (SSSR count). The molecule has 0 unspecified atom stereocenters. The number of benzene rings is 1. The van der Waals surface area contributed by atoms with E-state index in [2.05, 4.69) is 0 Å². The normalized spacial score (nSPS) is 22.8. The Morgan fingerprint density at radius 3 is 2.69 bits per heavy atom. The Kier molecular flexibility index (Phi) is 3.57. The van der Waals surface area contributed by atoms with Crippen LogP contribution in [0, 0.1) is 11.8 Å². The van der Waals surface area contributed by atoms with Crippen molar-refractivity contribution in [3.8, 4) is 0 Å². The minimum Gasteiger partial charge on any atom is -0.461 e. The fraction of sp³-hybridized carbons (Fsp3) is 0.462. The van der Waals surface area contributed by atoms with E-state index in [0.29, 0.717) is 24.9 Å². The average molecular weight is 220 g/mol. The monoisotopic (exact) mass is 220 g/mol. The molecule has 0 saturated heterocycles. The first-order chi connectivity index (χ1) is 7.79. The summed E-state index contributed by atoms with van der Waals surface area (Å²) in [7, 11) is 0. The Bertz CT molecular complexity index is 347. The highest BCUT2D eigenvalue weighted by atomic mass is 16.5. The van der Waals surface area contributed by atoms with Gasteiger partial charge in [0.15, 0.2) is 0 Å². The van der Waals surface area contributed by atoms with E-state index >= 15 is 0 Å². The number of ether oxygens (including phenoxy) is 1. The predicted octanol–water partition coefficient (Wildman–Crippen LogP) is 1.75. The molecule has 86 valence electrons. The van der Waals surface area contributed by atoms with Gasteiger partial charge in [-0.15, -0.1) is 0 Å². The van der Waals surface area contributed by atoms with Gasteiger partial charge >= 0.3 is 5.97 Å². The summed E-state index contributed by atoms with van der Waals surface area (Å²) in [5, 5.41) is 8.85. The second-order valence-electron chi connectivity index (χ2n) is 4.29. The lowest BCUT2D eigenvalue weighted by Gasteiger charge is -2.04. The van der Waals surface area contributed by atoms with Gasteiger partial charge in [-0.3, -0.25) is 4.79 Å². The van der Waals surface area contributed by atoms with E-state index in [9.17, 15) is 4.79 Å². The molecule has 0 amide bonds. The van der Waals surface area contributed by atoms with Crippen molar-refractivity contribution >= 4 is 5.97 Å². The van der Waals surface area contributed by atoms with E-state index < -0.39 is 0 Å². The maximum atomic E-state index is 11.4. The summed E-state index contributed by atoms with van der Waals surface area (Å²) in [5.74, 6) is 0.502. The molecule has 3 nitrogen and oxygen atoms in total. The molecule has 1 fully saturated rings. The number of hydrogen-bond acceptors (Lipinski definition) is 3. The molecule has 2 atom stereocenters. The Morgan fingerprint density at radius 1 is 1.31 bits per heavy atom. The van der Waals surface area contributed by atoms with E-state index in [0.717, 1.165) is 12.0 Å². The Labute approximate surface area is 95.0 Å². The van der Waals surface area contributed by atoms with Crippen molar-refractivity contribution in [2.45, 2.75) is 19.4 Å². The molecular weight excluding hydrogens is 204 g/mol. The minimum atomic E-state index is -0.162. The van der Waals surface area contributed by atoms with Gasteiger partial charge in [-0.2, -0.15) is 0 Å². The first-order valence-corrected chi connectivity index (χ1v) is 5.60. The third kappa shape index (κ3) is 3.07. The van der Waals surface area contributed by atoms with Crippen LogP contribution in [0.15, 0.2) is 30.3 Å². The second kappa shape index (κ2) is 5.12. The zero-order valence-corrected chi connectivity index (χ0v) is 9.13. The maximum Gasteiger partial charge on any atom is 0.306 e. The Hall–Kier alpha value is -1.35. The summed E-state index contributed by atoms with van der Waals surface area (Å²) < 4.78 is 5.15. The Balaban J connectivity index is 1.69. The van der Waals surface area contributed by atoms with Crippen molar-refractivity contribution in [2.24, 2.45) is 11.8 Å². The van der Waals surface area contributed by atoms with Crippen LogP contribution < -0.4 is 0 Å². The van der Waals surface area contributed by atoms with Crippen LogP contribution in [0.3, 0.4) is 0 Å². The fourth-order valence-corrected chi connectivity index (χ4v) is 1.79. The van der Waals surface area contributed by atoms with Gasteiger partial charge in [0.25, 0.3) is 0 Å². The number of aliphatic hydroxyl groups is 1. The van der Waals surface area contributed by atoms with Crippen molar-refractivity contribution in [2.75, 3.05) is 6.61 Å². The molecule has 16 heavy (non-hydrogen) atoms. The molecule has 0 spiro atoms. The summed E-state index contributed by atoms with van der Waals surface area (Å²) in [6, 6.07) is 9.64. The molecule has 0 aromatic heterocycles. The molecule has 3 heteroatoms. The van der Waals surface area contributed by atoms with Crippen molar-refractivity contribution in [3.05, 3.63) is 35.9 Å². The number of carbonyl (C=O) groups excluding carboxylic acids is 1. The molecule has 0 aliphatic heterocycles. The number of esters is 1. The van der Waals surface area contributed by atoms with Gasteiger partial charge in [0.2, 0.25) is 0 Å². The lowest BCUT2D eigenvalue weighted by molar-refractivity contribution is -0.145. The van der Waals surface area contributed by atoms with E-state index in [4.69, 9.17) is 9.84 Å². The van der Waals surface area contributed by atoms with Gasteiger partial charge < -0.3 is 9.84 Å². The highest BCUT2D eigenvalue weighted by molar-refractivity contribution is 5.70. The summed E-state index contributed by atoms with van der Waals surface area (Å²) in [5.41, 5.74) is 1.00. The maximum absolute atomic E-state index is 11.4. The van der Waals surface area contributed by atoms with E-state index in [-0.39, 0.29) is 12.6 Å². The number of hydrogen-bond donors (Lipinski definition) is 1. The van der Waals surface area contributed by atoms with Crippen LogP contribution in [0.25, 0.3) is 0 Å². The highest BCUT2D eigenvalue weighted by Gasteiger charge is 2.38. The quantitative estimate of drug-likeness (QED) is 0.769. The van der Waals surface area contributed by atoms with E-state index in [1.807, 2.05) is 30.3 Å². The molecule has 1 aliphatic carbocycles. The molecule has 1 aliphatic rings. The molecular formula is C13H16O3. The molecule has 1 aromatic rings. The minimum absolute atomic E-state index is 0.162. The van der Waals surface area contributed by atoms with Crippen LogP contribution in [0.5, 0.6) is 0 Å². The first kappa shape index (κ1) is 11.1. The summed E-state index contributed by atoms with van der Waals surface area (Å²) >= 11 is 0. The molecule has 1 N–H and O–H groups in total. The largest absolute Gasteiger partial charge is 0.461 e. The van der Waals surface area contributed by atoms with Crippen LogP contribution in [0.1, 0.15) is 18.4 Å². The summed E-state index contributed by atoms with van der Waals surface area (Å²) in [6.07, 6.45) is 1.40. The van der Waals surface area contributed by atoms with Crippen LogP contribution in [0.4, 0.5) is 0 Å². The van der Waals surface area contributed by atoms with Gasteiger partial charge in [-0.1, -0.05) is 30.3 Å². The lowest BCUT2D eigenvalue weighted by atomic mass is 10.2. The van der Waals surface area contributed by atoms with E-state index in [1.54, 1.807) is 0 Å². The molecule has 0 bridgehead atoms. The third-order valence-electron chi connectivity index (χ3n) is 2.98. The topological polar surface area (TPSA) is 46.5 Å². The molecule has 0 heterocycles. The standard InChI is InChI=1S/C13H16O3/c14-8-12-6-11(12)7-13(15)16-9-10-4-2-1-3-5-10/h1-5,11-12,14H,6-9H2/t11-,12-/m0/s1. The van der Waals surface area contributed by atoms with Crippen molar-refractivity contribution in [1.29, 1.82) is 0 Å². The molecule has 1 aromatic carbocycles. The van der Waals surface area contributed by atoms with Crippen LogP contribution in [0.2, 0.25) is 0 Å². The Morgan fingerprint density at radius 2 is 2.06 bits per heavy atom. The van der Waals surface area contributed by atoms with Crippen LogP contribution >= 0.6 is 0 Å². The van der Waals surface area contributed by atoms with Gasteiger partial charge in [-0.05, 0) is 23.8 Å². The molecule has 0 radical (unpaired) electrons. The predicted molar refractivity (Wildman–Crippen MR) is 59.5 cm³/mol. The van der Waals surface area contributed by atoms with Crippen molar-refractivity contribution in [3.63, 3.8) is 0 Å². The molecule has 1 saturated carbocycles. The number of rotatable bonds is 5. The highest BCUT2D eigenvalue weighted by Crippen LogP contribution is 2.40. The lowest BCUT2D eigenvalue weighted by Crippen LogP contribution is -2.06. The summed E-state index contributed by atoms with van der Waals surface area (Å²) in [4.78, 5) is 11.4. The number of carbonyl (C=O) groups is 1. The first-order valence-electron chi connectivity index (χ1n) is 5.60. The number of aliphatic hydroxyl groups excluding tert-OH is 1. The third-order valence-corrected chi connectivity index (χ3v) is 2.98. The van der Waals surface area contributed by atoms with Crippen LogP contribution in [-0.2, 0) is 16.1 Å². The van der Waals surface area contributed by atoms with Gasteiger partial charge in [0, 0.05) is 13.0 Å². The van der Waals surface area contributed by atoms with Crippen molar-refractivity contribution in [1.82, 2.24) is 0 Å². The zero-order valence-electron chi connectivity index (χ0n) is 9.13.